The minimum Gasteiger partial charge on any atom is -0.467 e. The number of ether oxygens (including phenoxy) is 1. The van der Waals surface area contributed by atoms with Crippen molar-refractivity contribution < 1.29 is 4.74 Å². The van der Waals surface area contributed by atoms with Crippen molar-refractivity contribution in [3.63, 3.8) is 0 Å². The minimum absolute atomic E-state index is 0.0235. The highest BCUT2D eigenvalue weighted by Gasteiger charge is 2.19. The summed E-state index contributed by atoms with van der Waals surface area (Å²) in [6.07, 6.45) is 0. The van der Waals surface area contributed by atoms with Gasteiger partial charge in [-0.3, -0.25) is 0 Å². The van der Waals surface area contributed by atoms with Crippen LogP contribution >= 0.6 is 11.6 Å². The summed E-state index contributed by atoms with van der Waals surface area (Å²) in [5.41, 5.74) is 9.36. The molecule has 0 aliphatic heterocycles. The number of hydrogen-bond donors (Lipinski definition) is 1. The van der Waals surface area contributed by atoms with E-state index in [1.165, 1.54) is 12.7 Å². The number of rotatable bonds is 4. The molecule has 5 nitrogen and oxygen atoms in total. The third kappa shape index (κ3) is 4.43. The van der Waals surface area contributed by atoms with Crippen LogP contribution in [-0.4, -0.2) is 22.1 Å². The molecular weight excluding hydrogens is 360 g/mol. The van der Waals surface area contributed by atoms with E-state index >= 15 is 0 Å². The van der Waals surface area contributed by atoms with Crippen molar-refractivity contribution >= 4 is 11.6 Å². The first-order valence-corrected chi connectivity index (χ1v) is 9.07. The number of benzene rings is 2. The van der Waals surface area contributed by atoms with Crippen molar-refractivity contribution in [3.05, 3.63) is 70.5 Å². The first-order chi connectivity index (χ1) is 12.8. The Balaban J connectivity index is 2.05. The van der Waals surface area contributed by atoms with Gasteiger partial charge in [0.15, 0.2) is 11.6 Å². The van der Waals surface area contributed by atoms with Gasteiger partial charge in [0.2, 0.25) is 0 Å². The van der Waals surface area contributed by atoms with Gasteiger partial charge in [-0.25, -0.2) is 4.98 Å². The number of nitrogens with two attached hydrogens (primary N) is 1. The van der Waals surface area contributed by atoms with Gasteiger partial charge in [-0.05, 0) is 34.7 Å². The van der Waals surface area contributed by atoms with E-state index in [2.05, 4.69) is 47.9 Å². The lowest BCUT2D eigenvalue weighted by molar-refractivity contribution is 0.375. The zero-order chi connectivity index (χ0) is 19.6. The second kappa shape index (κ2) is 7.62. The molecular formula is C21H23ClN4O. The third-order valence-corrected chi connectivity index (χ3v) is 4.56. The van der Waals surface area contributed by atoms with Gasteiger partial charge >= 0.3 is 6.01 Å². The molecule has 1 aromatic heterocycles. The van der Waals surface area contributed by atoms with E-state index in [9.17, 15) is 0 Å². The van der Waals surface area contributed by atoms with E-state index in [4.69, 9.17) is 22.1 Å². The van der Waals surface area contributed by atoms with Crippen LogP contribution in [0.15, 0.2) is 48.5 Å². The zero-order valence-electron chi connectivity index (χ0n) is 15.9. The van der Waals surface area contributed by atoms with Crippen LogP contribution in [0.4, 0.5) is 0 Å². The fraction of sp³-hybridized carbons (Fsp3) is 0.286. The van der Waals surface area contributed by atoms with Crippen LogP contribution in [0.3, 0.4) is 0 Å². The molecule has 0 saturated carbocycles. The van der Waals surface area contributed by atoms with Crippen molar-refractivity contribution in [1.82, 2.24) is 15.0 Å². The van der Waals surface area contributed by atoms with Crippen LogP contribution in [0.2, 0.25) is 5.02 Å². The molecule has 0 radical (unpaired) electrons. The van der Waals surface area contributed by atoms with Gasteiger partial charge in [0.05, 0.1) is 13.2 Å². The molecule has 0 saturated heterocycles. The van der Waals surface area contributed by atoms with Gasteiger partial charge in [-0.15, -0.1) is 0 Å². The van der Waals surface area contributed by atoms with Crippen molar-refractivity contribution in [2.45, 2.75) is 32.2 Å². The first-order valence-electron chi connectivity index (χ1n) is 8.70. The Labute approximate surface area is 164 Å². The molecule has 27 heavy (non-hydrogen) atoms. The average molecular weight is 383 g/mol. The van der Waals surface area contributed by atoms with Crippen LogP contribution < -0.4 is 10.5 Å². The van der Waals surface area contributed by atoms with Crippen molar-refractivity contribution in [2.75, 3.05) is 7.11 Å². The molecule has 3 aromatic rings. The van der Waals surface area contributed by atoms with Crippen molar-refractivity contribution in [1.29, 1.82) is 0 Å². The highest BCUT2D eigenvalue weighted by Crippen LogP contribution is 2.28. The van der Waals surface area contributed by atoms with Crippen LogP contribution in [-0.2, 0) is 5.41 Å². The maximum absolute atomic E-state index is 6.38. The SMILES string of the molecule is COc1nc(-c2cccc(C(C)(C)C)c2)nc(C(N)c2ccc(Cl)cc2)n1. The Hall–Kier alpha value is -2.50. The van der Waals surface area contributed by atoms with Gasteiger partial charge < -0.3 is 10.5 Å². The summed E-state index contributed by atoms with van der Waals surface area (Å²) < 4.78 is 5.28. The summed E-state index contributed by atoms with van der Waals surface area (Å²) >= 11 is 5.96. The summed E-state index contributed by atoms with van der Waals surface area (Å²) in [6.45, 7) is 6.51. The molecule has 0 fully saturated rings. The van der Waals surface area contributed by atoms with Gasteiger partial charge in [-0.2, -0.15) is 9.97 Å². The standard InChI is InChI=1S/C21H23ClN4O/c1-21(2,3)15-7-5-6-14(12-15)18-24-19(26-20(25-18)27-4)17(23)13-8-10-16(22)11-9-13/h5-12,17H,23H2,1-4H3. The Morgan fingerprint density at radius 1 is 1.00 bits per heavy atom. The molecule has 0 spiro atoms. The minimum atomic E-state index is -0.510. The lowest BCUT2D eigenvalue weighted by Gasteiger charge is -2.19. The lowest BCUT2D eigenvalue weighted by Crippen LogP contribution is -2.17. The molecule has 0 amide bonds. The highest BCUT2D eigenvalue weighted by atomic mass is 35.5. The molecule has 140 valence electrons. The number of nitrogens with zero attached hydrogens (tertiary/aromatic N) is 3. The number of hydrogen-bond acceptors (Lipinski definition) is 5. The fourth-order valence-electron chi connectivity index (χ4n) is 2.68. The highest BCUT2D eigenvalue weighted by molar-refractivity contribution is 6.30. The quantitative estimate of drug-likeness (QED) is 0.716. The van der Waals surface area contributed by atoms with E-state index in [0.717, 1.165) is 11.1 Å². The smallest absolute Gasteiger partial charge is 0.320 e. The Morgan fingerprint density at radius 2 is 1.70 bits per heavy atom. The summed E-state index contributed by atoms with van der Waals surface area (Å²) in [4.78, 5) is 13.4. The number of methoxy groups -OCH3 is 1. The zero-order valence-corrected chi connectivity index (χ0v) is 16.7. The Bertz CT molecular complexity index is 936. The molecule has 1 heterocycles. The summed E-state index contributed by atoms with van der Waals surface area (Å²) in [6, 6.07) is 15.2. The molecule has 0 bridgehead atoms. The maximum atomic E-state index is 6.38. The predicted molar refractivity (Wildman–Crippen MR) is 108 cm³/mol. The third-order valence-electron chi connectivity index (χ3n) is 4.31. The Kier molecular flexibility index (Phi) is 5.44. The largest absolute Gasteiger partial charge is 0.467 e. The van der Waals surface area contributed by atoms with E-state index in [1.807, 2.05) is 24.3 Å². The second-order valence-electron chi connectivity index (χ2n) is 7.36. The number of halogens is 1. The first kappa shape index (κ1) is 19.3. The lowest BCUT2D eigenvalue weighted by atomic mass is 9.86. The molecule has 6 heteroatoms. The van der Waals surface area contributed by atoms with Crippen LogP contribution in [0.25, 0.3) is 11.4 Å². The van der Waals surface area contributed by atoms with Crippen molar-refractivity contribution in [3.8, 4) is 17.4 Å². The van der Waals surface area contributed by atoms with E-state index in [-0.39, 0.29) is 11.4 Å². The molecule has 0 aliphatic carbocycles. The normalized spacial score (nSPS) is 12.7. The predicted octanol–water partition coefficient (Wildman–Crippen LogP) is 4.55. The van der Waals surface area contributed by atoms with Crippen LogP contribution in [0.1, 0.15) is 43.8 Å². The van der Waals surface area contributed by atoms with Crippen molar-refractivity contribution in [2.24, 2.45) is 5.73 Å². The molecule has 1 atom stereocenters. The second-order valence-corrected chi connectivity index (χ2v) is 7.80. The summed E-state index contributed by atoms with van der Waals surface area (Å²) in [5, 5.41) is 0.652. The van der Waals surface area contributed by atoms with E-state index in [1.54, 1.807) is 12.1 Å². The number of aromatic nitrogens is 3. The summed E-state index contributed by atoms with van der Waals surface area (Å²) in [5.74, 6) is 0.979. The molecule has 2 aromatic carbocycles. The van der Waals surface area contributed by atoms with E-state index < -0.39 is 6.04 Å². The Morgan fingerprint density at radius 3 is 2.33 bits per heavy atom. The summed E-state index contributed by atoms with van der Waals surface area (Å²) in [7, 11) is 1.53. The van der Waals surface area contributed by atoms with Gasteiger partial charge in [0, 0.05) is 10.6 Å². The topological polar surface area (TPSA) is 73.9 Å². The maximum Gasteiger partial charge on any atom is 0.320 e. The van der Waals surface area contributed by atoms with E-state index in [0.29, 0.717) is 16.7 Å². The van der Waals surface area contributed by atoms with Gasteiger partial charge in [0.25, 0.3) is 0 Å². The van der Waals surface area contributed by atoms with Crippen LogP contribution in [0.5, 0.6) is 6.01 Å². The monoisotopic (exact) mass is 382 g/mol. The van der Waals surface area contributed by atoms with Gasteiger partial charge in [-0.1, -0.05) is 62.7 Å². The average Bonchev–Trinajstić information content (AvgIpc) is 2.67. The molecule has 2 N–H and O–H groups in total. The molecule has 3 rings (SSSR count). The van der Waals surface area contributed by atoms with Crippen LogP contribution in [0, 0.1) is 0 Å². The van der Waals surface area contributed by atoms with Gasteiger partial charge in [0.1, 0.15) is 0 Å². The fourth-order valence-corrected chi connectivity index (χ4v) is 2.80. The molecule has 0 aliphatic rings. The molecule has 1 unspecified atom stereocenters.